The lowest BCUT2D eigenvalue weighted by Crippen LogP contribution is -2.17. The van der Waals surface area contributed by atoms with Crippen molar-refractivity contribution in [2.45, 2.75) is 26.8 Å². The maximum absolute atomic E-state index is 9.10. The van der Waals surface area contributed by atoms with E-state index in [2.05, 4.69) is 39.3 Å². The van der Waals surface area contributed by atoms with Gasteiger partial charge < -0.3 is 30.2 Å². The first-order chi connectivity index (χ1) is 13.3. The van der Waals surface area contributed by atoms with E-state index in [9.17, 15) is 0 Å². The molecule has 0 aliphatic carbocycles. The van der Waals surface area contributed by atoms with Crippen LogP contribution in [0.1, 0.15) is 22.6 Å². The number of rotatable bonds is 6. The van der Waals surface area contributed by atoms with E-state index >= 15 is 0 Å². The molecule has 1 aromatic carbocycles. The van der Waals surface area contributed by atoms with E-state index in [4.69, 9.17) is 24.5 Å². The average molecular weight is 388 g/mol. The molecule has 2 aromatic heterocycles. The summed E-state index contributed by atoms with van der Waals surface area (Å²) in [6.07, 6.45) is 2.71. The number of carboxylic acid groups (broad SMARTS) is 2. The predicted molar refractivity (Wildman–Crippen MR) is 104 cm³/mol. The zero-order chi connectivity index (χ0) is 20.7. The number of ether oxygens (including phenoxy) is 1. The number of carboxylic acids is 2. The van der Waals surface area contributed by atoms with Crippen molar-refractivity contribution in [2.24, 2.45) is 0 Å². The van der Waals surface area contributed by atoms with Gasteiger partial charge in [-0.2, -0.15) is 0 Å². The summed E-state index contributed by atoms with van der Waals surface area (Å²) >= 11 is 0. The zero-order valence-corrected chi connectivity index (χ0v) is 16.0. The number of nitrogens with zero attached hydrogens (tertiary/aromatic N) is 1. The quantitative estimate of drug-likeness (QED) is 0.321. The van der Waals surface area contributed by atoms with Crippen LogP contribution in [0, 0.1) is 13.8 Å². The van der Waals surface area contributed by atoms with Gasteiger partial charge in [0.1, 0.15) is 5.75 Å². The summed E-state index contributed by atoms with van der Waals surface area (Å²) in [6, 6.07) is 6.16. The number of imidazole rings is 1. The second-order valence-electron chi connectivity index (χ2n) is 6.15. The van der Waals surface area contributed by atoms with Crippen molar-refractivity contribution in [2.75, 3.05) is 13.7 Å². The number of H-pyrrole nitrogens is 2. The molecule has 0 bridgehead atoms. The molecule has 5 N–H and O–H groups in total. The summed E-state index contributed by atoms with van der Waals surface area (Å²) in [5, 5.41) is 19.5. The van der Waals surface area contributed by atoms with Gasteiger partial charge in [-0.1, -0.05) is 0 Å². The fraction of sp³-hybridized carbons (Fsp3) is 0.316. The van der Waals surface area contributed by atoms with Gasteiger partial charge in [-0.3, -0.25) is 0 Å². The highest BCUT2D eigenvalue weighted by Gasteiger charge is 2.09. The monoisotopic (exact) mass is 388 g/mol. The largest absolute Gasteiger partial charge is 0.497 e. The number of aromatic nitrogens is 3. The minimum atomic E-state index is -1.82. The first-order valence-electron chi connectivity index (χ1n) is 8.64. The molecule has 0 amide bonds. The van der Waals surface area contributed by atoms with Gasteiger partial charge in [-0.05, 0) is 50.6 Å². The Kier molecular flexibility index (Phi) is 7.16. The van der Waals surface area contributed by atoms with Crippen molar-refractivity contribution in [3.63, 3.8) is 0 Å². The van der Waals surface area contributed by atoms with E-state index in [1.165, 1.54) is 16.6 Å². The van der Waals surface area contributed by atoms with Crippen molar-refractivity contribution < 1.29 is 24.5 Å². The molecule has 28 heavy (non-hydrogen) atoms. The Balaban J connectivity index is 0.000000409. The standard InChI is InChI=1S/C17H22N4O.C2H2O4/c1-11-14(6-7-18-9-17-12(2)19-10-20-17)15-8-13(22-3)4-5-16(15)21-11;3-1(4)2(5)6/h4-5,8,10,18,21H,6-7,9H2,1-3H3,(H,19,20);(H,3,4)(H,5,6). The van der Waals surface area contributed by atoms with E-state index in [0.29, 0.717) is 0 Å². The lowest BCUT2D eigenvalue weighted by molar-refractivity contribution is -0.159. The van der Waals surface area contributed by atoms with Crippen LogP contribution in [0.15, 0.2) is 24.5 Å². The number of aliphatic carboxylic acids is 2. The van der Waals surface area contributed by atoms with Gasteiger partial charge in [0.15, 0.2) is 0 Å². The highest BCUT2D eigenvalue weighted by molar-refractivity contribution is 6.27. The van der Waals surface area contributed by atoms with Crippen LogP contribution in [-0.4, -0.2) is 50.8 Å². The normalized spacial score (nSPS) is 10.4. The summed E-state index contributed by atoms with van der Waals surface area (Å²) in [6.45, 7) is 5.87. The maximum atomic E-state index is 9.10. The van der Waals surface area contributed by atoms with Crippen LogP contribution >= 0.6 is 0 Å². The summed E-state index contributed by atoms with van der Waals surface area (Å²) in [4.78, 5) is 29.0. The van der Waals surface area contributed by atoms with E-state index in [1.54, 1.807) is 13.4 Å². The molecule has 0 spiro atoms. The number of hydrogen-bond donors (Lipinski definition) is 5. The molecule has 2 heterocycles. The number of fused-ring (bicyclic) bond motifs is 1. The van der Waals surface area contributed by atoms with Crippen LogP contribution < -0.4 is 10.1 Å². The Morgan fingerprint density at radius 1 is 1.18 bits per heavy atom. The number of hydrogen-bond acceptors (Lipinski definition) is 5. The van der Waals surface area contributed by atoms with Crippen LogP contribution in [-0.2, 0) is 22.6 Å². The molecular weight excluding hydrogens is 364 g/mol. The molecule has 3 rings (SSSR count). The molecule has 0 saturated carbocycles. The fourth-order valence-corrected chi connectivity index (χ4v) is 2.80. The number of methoxy groups -OCH3 is 1. The first-order valence-corrected chi connectivity index (χ1v) is 8.64. The predicted octanol–water partition coefficient (Wildman–Crippen LogP) is 2.00. The molecule has 0 radical (unpaired) electrons. The molecule has 0 aliphatic rings. The maximum Gasteiger partial charge on any atom is 0.414 e. The second-order valence-corrected chi connectivity index (χ2v) is 6.15. The van der Waals surface area contributed by atoms with E-state index < -0.39 is 11.9 Å². The molecule has 9 heteroatoms. The van der Waals surface area contributed by atoms with Gasteiger partial charge in [0.25, 0.3) is 0 Å². The Labute approximate surface area is 161 Å². The minimum absolute atomic E-state index is 0.792. The van der Waals surface area contributed by atoms with Crippen molar-refractivity contribution >= 4 is 22.8 Å². The summed E-state index contributed by atoms with van der Waals surface area (Å²) < 4.78 is 5.33. The Morgan fingerprint density at radius 3 is 2.46 bits per heavy atom. The van der Waals surface area contributed by atoms with E-state index in [-0.39, 0.29) is 0 Å². The number of aromatic amines is 2. The van der Waals surface area contributed by atoms with Gasteiger partial charge in [0.05, 0.1) is 19.1 Å². The SMILES string of the molecule is COc1ccc2[nH]c(C)c(CCNCc3nc[nH]c3C)c2c1.O=C(O)C(=O)O. The van der Waals surface area contributed by atoms with Crippen molar-refractivity contribution in [1.29, 1.82) is 0 Å². The van der Waals surface area contributed by atoms with Crippen molar-refractivity contribution in [3.8, 4) is 5.75 Å². The molecule has 0 unspecified atom stereocenters. The third-order valence-electron chi connectivity index (χ3n) is 4.29. The van der Waals surface area contributed by atoms with Gasteiger partial charge in [0, 0.05) is 28.8 Å². The molecule has 0 fully saturated rings. The van der Waals surface area contributed by atoms with Gasteiger partial charge in [-0.15, -0.1) is 0 Å². The Morgan fingerprint density at radius 2 is 1.89 bits per heavy atom. The number of aryl methyl sites for hydroxylation is 2. The van der Waals surface area contributed by atoms with Crippen LogP contribution in [0.2, 0.25) is 0 Å². The van der Waals surface area contributed by atoms with Gasteiger partial charge >= 0.3 is 11.9 Å². The number of benzene rings is 1. The van der Waals surface area contributed by atoms with Gasteiger partial charge in [-0.25, -0.2) is 14.6 Å². The molecule has 9 nitrogen and oxygen atoms in total. The summed E-state index contributed by atoms with van der Waals surface area (Å²) in [7, 11) is 1.70. The van der Waals surface area contributed by atoms with Crippen LogP contribution in [0.25, 0.3) is 10.9 Å². The summed E-state index contributed by atoms with van der Waals surface area (Å²) in [5.74, 6) is -2.75. The van der Waals surface area contributed by atoms with E-state index in [0.717, 1.165) is 42.2 Å². The Bertz CT molecular complexity index is 949. The third kappa shape index (κ3) is 5.34. The van der Waals surface area contributed by atoms with Gasteiger partial charge in [0.2, 0.25) is 0 Å². The molecular formula is C19H24N4O5. The highest BCUT2D eigenvalue weighted by atomic mass is 16.5. The molecule has 0 saturated heterocycles. The lowest BCUT2D eigenvalue weighted by atomic mass is 10.1. The first kappa shape index (κ1) is 21.0. The topological polar surface area (TPSA) is 140 Å². The van der Waals surface area contributed by atoms with Crippen molar-refractivity contribution in [3.05, 3.63) is 47.2 Å². The molecule has 0 atom stereocenters. The van der Waals surface area contributed by atoms with Crippen LogP contribution in [0.4, 0.5) is 0 Å². The summed E-state index contributed by atoms with van der Waals surface area (Å²) in [5.41, 5.74) is 5.94. The van der Waals surface area contributed by atoms with Crippen LogP contribution in [0.5, 0.6) is 5.75 Å². The fourth-order valence-electron chi connectivity index (χ4n) is 2.80. The molecule has 150 valence electrons. The van der Waals surface area contributed by atoms with E-state index in [1.807, 2.05) is 13.0 Å². The van der Waals surface area contributed by atoms with Crippen molar-refractivity contribution in [1.82, 2.24) is 20.3 Å². The number of carbonyl (C=O) groups is 2. The average Bonchev–Trinajstić information content (AvgIpc) is 3.21. The zero-order valence-electron chi connectivity index (χ0n) is 16.0. The minimum Gasteiger partial charge on any atom is -0.497 e. The second kappa shape index (κ2) is 9.56. The molecule has 3 aromatic rings. The third-order valence-corrected chi connectivity index (χ3v) is 4.29. The smallest absolute Gasteiger partial charge is 0.414 e. The highest BCUT2D eigenvalue weighted by Crippen LogP contribution is 2.26. The number of nitrogens with one attached hydrogen (secondary N) is 3. The molecule has 0 aliphatic heterocycles. The van der Waals surface area contributed by atoms with Crippen LogP contribution in [0.3, 0.4) is 0 Å². The Hall–Kier alpha value is -3.33. The lowest BCUT2D eigenvalue weighted by Gasteiger charge is -2.05.